The summed E-state index contributed by atoms with van der Waals surface area (Å²) in [6, 6.07) is 7.80. The average Bonchev–Trinajstić information content (AvgIpc) is 3.23. The number of aryl methyl sites for hydroxylation is 1. The number of urea groups is 1. The molecule has 0 aliphatic rings. The number of carbonyl (C=O) groups is 1. The first-order chi connectivity index (χ1) is 11.6. The lowest BCUT2D eigenvalue weighted by atomic mass is 10.1. The summed E-state index contributed by atoms with van der Waals surface area (Å²) in [6.07, 6.45) is 2.08. The number of hydrogen-bond donors (Lipinski definition) is 4. The molecule has 0 bridgehead atoms. The first-order valence-corrected chi connectivity index (χ1v) is 8.87. The van der Waals surface area contributed by atoms with Crippen LogP contribution in [0.15, 0.2) is 41.2 Å². The van der Waals surface area contributed by atoms with E-state index in [1.807, 2.05) is 29.1 Å². The number of amides is 2. The molecule has 2 amide bonds. The summed E-state index contributed by atoms with van der Waals surface area (Å²) in [6.45, 7) is 2.82. The third kappa shape index (κ3) is 3.77. The van der Waals surface area contributed by atoms with E-state index >= 15 is 0 Å². The van der Waals surface area contributed by atoms with Crippen molar-refractivity contribution in [2.24, 2.45) is 0 Å². The Morgan fingerprint density at radius 2 is 2.21 bits per heavy atom. The molecule has 6 heteroatoms. The highest BCUT2D eigenvalue weighted by Crippen LogP contribution is 2.21. The number of aromatic nitrogens is 1. The Labute approximate surface area is 144 Å². The molecule has 24 heavy (non-hydrogen) atoms. The van der Waals surface area contributed by atoms with Gasteiger partial charge in [0.25, 0.3) is 0 Å². The molecule has 5 nitrogen and oxygen atoms in total. The first-order valence-electron chi connectivity index (χ1n) is 7.92. The van der Waals surface area contributed by atoms with Gasteiger partial charge in [-0.05, 0) is 46.9 Å². The Morgan fingerprint density at radius 3 is 3.00 bits per heavy atom. The number of thiophene rings is 1. The number of H-pyrrole nitrogens is 1. The Bertz CT molecular complexity index is 811. The highest BCUT2D eigenvalue weighted by molar-refractivity contribution is 7.07. The van der Waals surface area contributed by atoms with Crippen molar-refractivity contribution in [2.45, 2.75) is 19.4 Å². The van der Waals surface area contributed by atoms with Crippen LogP contribution in [-0.4, -0.2) is 29.2 Å². The molecule has 0 aliphatic carbocycles. The van der Waals surface area contributed by atoms with E-state index in [9.17, 15) is 9.90 Å². The monoisotopic (exact) mass is 343 g/mol. The van der Waals surface area contributed by atoms with Crippen LogP contribution in [0, 0.1) is 6.92 Å². The minimum Gasteiger partial charge on any atom is -0.387 e. The van der Waals surface area contributed by atoms with Crippen molar-refractivity contribution in [3.05, 3.63) is 57.9 Å². The molecule has 1 aromatic carbocycles. The molecule has 2 aromatic heterocycles. The third-order valence-electron chi connectivity index (χ3n) is 4.07. The lowest BCUT2D eigenvalue weighted by Crippen LogP contribution is -2.38. The Hall–Kier alpha value is -2.31. The van der Waals surface area contributed by atoms with Gasteiger partial charge in [-0.2, -0.15) is 11.3 Å². The minimum atomic E-state index is -0.668. The zero-order chi connectivity index (χ0) is 16.9. The maximum atomic E-state index is 11.8. The number of nitrogens with one attached hydrogen (secondary N) is 3. The fourth-order valence-electron chi connectivity index (χ4n) is 2.72. The number of aliphatic hydroxyl groups is 1. The fourth-order valence-corrected chi connectivity index (χ4v) is 3.42. The summed E-state index contributed by atoms with van der Waals surface area (Å²) in [5.74, 6) is 0. The molecule has 1 unspecified atom stereocenters. The van der Waals surface area contributed by atoms with Crippen LogP contribution in [0.1, 0.15) is 22.8 Å². The van der Waals surface area contributed by atoms with Crippen LogP contribution < -0.4 is 10.6 Å². The van der Waals surface area contributed by atoms with Gasteiger partial charge in [0.05, 0.1) is 6.10 Å². The van der Waals surface area contributed by atoms with Crippen LogP contribution in [-0.2, 0) is 6.42 Å². The van der Waals surface area contributed by atoms with Gasteiger partial charge >= 0.3 is 6.03 Å². The molecule has 0 aliphatic heterocycles. The number of benzene rings is 1. The van der Waals surface area contributed by atoms with E-state index in [2.05, 4.69) is 34.7 Å². The summed E-state index contributed by atoms with van der Waals surface area (Å²) in [5.41, 5.74) is 4.38. The molecule has 0 fully saturated rings. The normalized spacial score (nSPS) is 12.2. The Morgan fingerprint density at radius 1 is 1.33 bits per heavy atom. The van der Waals surface area contributed by atoms with Crippen LogP contribution in [0.25, 0.3) is 10.9 Å². The van der Waals surface area contributed by atoms with E-state index in [1.54, 1.807) is 0 Å². The highest BCUT2D eigenvalue weighted by Gasteiger charge is 2.10. The number of aromatic amines is 1. The van der Waals surface area contributed by atoms with E-state index in [0.29, 0.717) is 6.54 Å². The topological polar surface area (TPSA) is 77.2 Å². The second-order valence-electron chi connectivity index (χ2n) is 5.77. The molecule has 0 saturated carbocycles. The number of fused-ring (bicyclic) bond motifs is 1. The average molecular weight is 343 g/mol. The van der Waals surface area contributed by atoms with Gasteiger partial charge < -0.3 is 20.7 Å². The van der Waals surface area contributed by atoms with Crippen LogP contribution in [0.4, 0.5) is 4.79 Å². The minimum absolute atomic E-state index is 0.203. The second kappa shape index (κ2) is 7.51. The number of rotatable bonds is 6. The van der Waals surface area contributed by atoms with Crippen molar-refractivity contribution in [1.82, 2.24) is 15.6 Å². The largest absolute Gasteiger partial charge is 0.387 e. The van der Waals surface area contributed by atoms with E-state index in [0.717, 1.165) is 17.5 Å². The van der Waals surface area contributed by atoms with Crippen molar-refractivity contribution in [3.63, 3.8) is 0 Å². The summed E-state index contributed by atoms with van der Waals surface area (Å²) in [5, 5.41) is 20.4. The zero-order valence-electron chi connectivity index (χ0n) is 13.5. The Kier molecular flexibility index (Phi) is 5.17. The smallest absolute Gasteiger partial charge is 0.314 e. The first kappa shape index (κ1) is 16.5. The van der Waals surface area contributed by atoms with Crippen molar-refractivity contribution >= 4 is 28.3 Å². The van der Waals surface area contributed by atoms with Gasteiger partial charge in [0.15, 0.2) is 0 Å². The number of carbonyl (C=O) groups excluding carboxylic acids is 1. The van der Waals surface area contributed by atoms with Gasteiger partial charge in [0.1, 0.15) is 0 Å². The zero-order valence-corrected chi connectivity index (χ0v) is 14.3. The van der Waals surface area contributed by atoms with E-state index in [4.69, 9.17) is 0 Å². The van der Waals surface area contributed by atoms with Gasteiger partial charge in [-0.25, -0.2) is 4.79 Å². The van der Waals surface area contributed by atoms with Crippen molar-refractivity contribution < 1.29 is 9.90 Å². The molecule has 0 radical (unpaired) electrons. The van der Waals surface area contributed by atoms with Gasteiger partial charge in [-0.1, -0.05) is 18.2 Å². The fraction of sp³-hybridized carbons (Fsp3) is 0.278. The third-order valence-corrected chi connectivity index (χ3v) is 4.77. The standard InChI is InChI=1S/C18H21N3O2S/c1-12-3-2-4-15-13(9-20-17(12)15)5-7-19-18(23)21-10-16(22)14-6-8-24-11-14/h2-4,6,8-9,11,16,20,22H,5,7,10H2,1H3,(H2,19,21,23). The van der Waals surface area contributed by atoms with Gasteiger partial charge in [-0.3, -0.25) is 0 Å². The van der Waals surface area contributed by atoms with Crippen LogP contribution >= 0.6 is 11.3 Å². The van der Waals surface area contributed by atoms with Gasteiger partial charge in [0.2, 0.25) is 0 Å². The van der Waals surface area contributed by atoms with Gasteiger partial charge in [-0.15, -0.1) is 0 Å². The molecule has 3 aromatic rings. The van der Waals surface area contributed by atoms with Crippen molar-refractivity contribution in [2.75, 3.05) is 13.1 Å². The summed E-state index contributed by atoms with van der Waals surface area (Å²) < 4.78 is 0. The number of aliphatic hydroxyl groups excluding tert-OH is 1. The molecule has 126 valence electrons. The van der Waals surface area contributed by atoms with Crippen molar-refractivity contribution in [3.8, 4) is 0 Å². The number of hydrogen-bond acceptors (Lipinski definition) is 3. The van der Waals surface area contributed by atoms with Gasteiger partial charge in [0, 0.05) is 30.2 Å². The molecule has 1 atom stereocenters. The van der Waals surface area contributed by atoms with E-state index in [-0.39, 0.29) is 12.6 Å². The molecule has 4 N–H and O–H groups in total. The summed E-state index contributed by atoms with van der Waals surface area (Å²) >= 11 is 1.53. The number of para-hydroxylation sites is 1. The second-order valence-corrected chi connectivity index (χ2v) is 6.55. The van der Waals surface area contributed by atoms with Crippen molar-refractivity contribution in [1.29, 1.82) is 0 Å². The predicted molar refractivity (Wildman–Crippen MR) is 97.4 cm³/mol. The van der Waals surface area contributed by atoms with E-state index < -0.39 is 6.10 Å². The lowest BCUT2D eigenvalue weighted by molar-refractivity contribution is 0.173. The molecule has 2 heterocycles. The molecule has 0 spiro atoms. The van der Waals surface area contributed by atoms with E-state index in [1.165, 1.54) is 27.8 Å². The SMILES string of the molecule is Cc1cccc2c(CCNC(=O)NCC(O)c3ccsc3)c[nH]c12. The summed E-state index contributed by atoms with van der Waals surface area (Å²) in [4.78, 5) is 15.1. The van der Waals surface area contributed by atoms with Crippen LogP contribution in [0.5, 0.6) is 0 Å². The van der Waals surface area contributed by atoms with Crippen LogP contribution in [0.2, 0.25) is 0 Å². The maximum absolute atomic E-state index is 11.8. The summed E-state index contributed by atoms with van der Waals surface area (Å²) in [7, 11) is 0. The molecular weight excluding hydrogens is 322 g/mol. The molecular formula is C18H21N3O2S. The molecule has 3 rings (SSSR count). The highest BCUT2D eigenvalue weighted by atomic mass is 32.1. The quantitative estimate of drug-likeness (QED) is 0.555. The Balaban J connectivity index is 1.45. The predicted octanol–water partition coefficient (Wildman–Crippen LogP) is 3.11. The lowest BCUT2D eigenvalue weighted by Gasteiger charge is -2.11. The van der Waals surface area contributed by atoms with Crippen LogP contribution in [0.3, 0.4) is 0 Å². The molecule has 0 saturated heterocycles. The maximum Gasteiger partial charge on any atom is 0.314 e.